The van der Waals surface area contributed by atoms with E-state index in [1.165, 1.54) is 22.3 Å². The second-order valence-corrected chi connectivity index (χ2v) is 8.86. The van der Waals surface area contributed by atoms with Crippen LogP contribution in [-0.2, 0) is 10.2 Å². The van der Waals surface area contributed by atoms with Gasteiger partial charge in [-0.3, -0.25) is 0 Å². The van der Waals surface area contributed by atoms with Gasteiger partial charge in [-0.1, -0.05) is 71.4 Å². The van der Waals surface area contributed by atoms with Crippen LogP contribution in [-0.4, -0.2) is 12.1 Å². The highest BCUT2D eigenvalue weighted by atomic mass is 79.9. The summed E-state index contributed by atoms with van der Waals surface area (Å²) in [6, 6.07) is 24.7. The highest BCUT2D eigenvalue weighted by Gasteiger charge is 2.54. The number of carbonyl (C=O) groups excluding carboxylic acids is 1. The summed E-state index contributed by atoms with van der Waals surface area (Å²) in [6.07, 6.45) is 1.77. The van der Waals surface area contributed by atoms with Crippen LogP contribution in [0.25, 0.3) is 11.1 Å². The zero-order chi connectivity index (χ0) is 19.3. The first kappa shape index (κ1) is 17.7. The lowest BCUT2D eigenvalue weighted by Crippen LogP contribution is -2.41. The number of hydrogen-bond donors (Lipinski definition) is 0. The molecule has 3 aromatic carbocycles. The average Bonchev–Trinajstić information content (AvgIpc) is 3.06. The maximum Gasteiger partial charge on any atom is 0.338 e. The van der Waals surface area contributed by atoms with Gasteiger partial charge in [-0.15, -0.1) is 0 Å². The fourth-order valence-electron chi connectivity index (χ4n) is 5.18. The molecule has 0 aliphatic heterocycles. The van der Waals surface area contributed by atoms with Gasteiger partial charge in [0.2, 0.25) is 0 Å². The van der Waals surface area contributed by atoms with Gasteiger partial charge in [-0.25, -0.2) is 4.79 Å². The summed E-state index contributed by atoms with van der Waals surface area (Å²) in [5.74, 6) is 0.122. The van der Waals surface area contributed by atoms with E-state index in [4.69, 9.17) is 4.74 Å². The van der Waals surface area contributed by atoms with Gasteiger partial charge in [-0.2, -0.15) is 0 Å². The number of rotatable bonds is 2. The van der Waals surface area contributed by atoms with Crippen molar-refractivity contribution in [2.24, 2.45) is 0 Å². The van der Waals surface area contributed by atoms with Crippen molar-refractivity contribution < 1.29 is 9.53 Å². The largest absolute Gasteiger partial charge is 0.458 e. The molecule has 2 nitrogen and oxygen atoms in total. The van der Waals surface area contributed by atoms with E-state index < -0.39 is 0 Å². The zero-order valence-corrected chi connectivity index (χ0v) is 17.3. The van der Waals surface area contributed by atoms with Gasteiger partial charge in [0, 0.05) is 9.89 Å². The van der Waals surface area contributed by atoms with Gasteiger partial charge in [0.15, 0.2) is 0 Å². The van der Waals surface area contributed by atoms with Crippen molar-refractivity contribution in [2.45, 2.75) is 37.2 Å². The highest BCUT2D eigenvalue weighted by molar-refractivity contribution is 9.10. The van der Waals surface area contributed by atoms with Crippen molar-refractivity contribution in [2.75, 3.05) is 0 Å². The molecule has 2 aliphatic rings. The molecule has 3 aromatic rings. The third-order valence-corrected chi connectivity index (χ3v) is 7.10. The second kappa shape index (κ2) is 6.59. The number of ether oxygens (including phenoxy) is 1. The molecule has 1 fully saturated rings. The number of benzene rings is 3. The Bertz CT molecular complexity index is 1060. The van der Waals surface area contributed by atoms with Gasteiger partial charge in [0.1, 0.15) is 6.10 Å². The lowest BCUT2D eigenvalue weighted by atomic mass is 9.63. The van der Waals surface area contributed by atoms with Crippen LogP contribution < -0.4 is 0 Å². The van der Waals surface area contributed by atoms with E-state index in [0.29, 0.717) is 11.5 Å². The van der Waals surface area contributed by atoms with E-state index in [-0.39, 0.29) is 17.5 Å². The Labute approximate surface area is 173 Å². The van der Waals surface area contributed by atoms with Crippen molar-refractivity contribution in [1.82, 2.24) is 0 Å². The Morgan fingerprint density at radius 2 is 1.61 bits per heavy atom. The summed E-state index contributed by atoms with van der Waals surface area (Å²) in [6.45, 7) is 2.28. The van der Waals surface area contributed by atoms with Crippen LogP contribution in [0.5, 0.6) is 0 Å². The number of esters is 1. The molecule has 0 aromatic heterocycles. The molecule has 0 amide bonds. The van der Waals surface area contributed by atoms with Crippen molar-refractivity contribution in [3.05, 3.63) is 94.0 Å². The fraction of sp³-hybridized carbons (Fsp3) is 0.240. The molecule has 2 aliphatic carbocycles. The first-order chi connectivity index (χ1) is 13.6. The first-order valence-corrected chi connectivity index (χ1v) is 10.5. The van der Waals surface area contributed by atoms with Crippen LogP contribution in [0, 0.1) is 0 Å². The molecule has 28 heavy (non-hydrogen) atoms. The molecule has 1 saturated carbocycles. The Morgan fingerprint density at radius 3 is 2.39 bits per heavy atom. The standard InChI is InChI=1S/C25H21BrO2/c1-25-21-9-5-4-8-19(21)18-6-2-3-7-20(18)22(25)14-15-23(25)28-24(27)16-10-12-17(26)13-11-16/h2-13,22-23H,14-15H2,1H3/t22-,23-,25-/m1/s1. The number of halogens is 1. The SMILES string of the molecule is C[C@@]12c3ccccc3-c3ccccc3[C@H]1CC[C@H]2OC(=O)c1ccc(Br)cc1. The molecule has 3 heteroatoms. The molecule has 0 N–H and O–H groups in total. The van der Waals surface area contributed by atoms with Gasteiger partial charge in [0.25, 0.3) is 0 Å². The van der Waals surface area contributed by atoms with E-state index in [9.17, 15) is 4.79 Å². The fourth-order valence-corrected chi connectivity index (χ4v) is 5.44. The van der Waals surface area contributed by atoms with Crippen LogP contribution in [0.15, 0.2) is 77.3 Å². The molecule has 0 radical (unpaired) electrons. The normalized spacial score (nSPS) is 24.8. The quantitative estimate of drug-likeness (QED) is 0.432. The molecule has 0 bridgehead atoms. The molecule has 0 heterocycles. The lowest BCUT2D eigenvalue weighted by Gasteiger charge is -2.42. The minimum Gasteiger partial charge on any atom is -0.458 e. The highest BCUT2D eigenvalue weighted by Crippen LogP contribution is 2.59. The number of carbonyl (C=O) groups is 1. The maximum atomic E-state index is 12.8. The maximum absolute atomic E-state index is 12.8. The molecule has 3 atom stereocenters. The smallest absolute Gasteiger partial charge is 0.338 e. The Morgan fingerprint density at radius 1 is 0.929 bits per heavy atom. The number of hydrogen-bond acceptors (Lipinski definition) is 2. The van der Waals surface area contributed by atoms with Gasteiger partial charge in [0.05, 0.1) is 5.56 Å². The van der Waals surface area contributed by atoms with E-state index in [2.05, 4.69) is 71.4 Å². The van der Waals surface area contributed by atoms with Crippen molar-refractivity contribution in [1.29, 1.82) is 0 Å². The third kappa shape index (κ3) is 2.56. The summed E-state index contributed by atoms with van der Waals surface area (Å²) < 4.78 is 7.08. The van der Waals surface area contributed by atoms with E-state index in [1.54, 1.807) is 0 Å². The third-order valence-electron chi connectivity index (χ3n) is 6.57. The van der Waals surface area contributed by atoms with Crippen LogP contribution >= 0.6 is 15.9 Å². The molecule has 140 valence electrons. The van der Waals surface area contributed by atoms with Gasteiger partial charge >= 0.3 is 5.97 Å². The van der Waals surface area contributed by atoms with E-state index >= 15 is 0 Å². The molecular weight excluding hydrogens is 412 g/mol. The topological polar surface area (TPSA) is 26.3 Å². The van der Waals surface area contributed by atoms with Crippen molar-refractivity contribution in [3.63, 3.8) is 0 Å². The first-order valence-electron chi connectivity index (χ1n) is 9.74. The van der Waals surface area contributed by atoms with Crippen LogP contribution in [0.2, 0.25) is 0 Å². The van der Waals surface area contributed by atoms with Crippen LogP contribution in [0.3, 0.4) is 0 Å². The van der Waals surface area contributed by atoms with E-state index in [0.717, 1.165) is 17.3 Å². The minimum atomic E-state index is -0.240. The molecule has 0 saturated heterocycles. The van der Waals surface area contributed by atoms with Crippen LogP contribution in [0.4, 0.5) is 0 Å². The molecular formula is C25H21BrO2. The van der Waals surface area contributed by atoms with Crippen LogP contribution in [0.1, 0.15) is 47.2 Å². The minimum absolute atomic E-state index is 0.136. The summed E-state index contributed by atoms with van der Waals surface area (Å²) >= 11 is 3.42. The second-order valence-electron chi connectivity index (χ2n) is 7.95. The Hall–Kier alpha value is -2.39. The summed E-state index contributed by atoms with van der Waals surface area (Å²) in [7, 11) is 0. The zero-order valence-electron chi connectivity index (χ0n) is 15.7. The van der Waals surface area contributed by atoms with Gasteiger partial charge in [-0.05, 0) is 65.3 Å². The average molecular weight is 433 g/mol. The van der Waals surface area contributed by atoms with Gasteiger partial charge < -0.3 is 4.74 Å². The predicted molar refractivity (Wildman–Crippen MR) is 115 cm³/mol. The van der Waals surface area contributed by atoms with E-state index in [1.807, 2.05) is 24.3 Å². The Kier molecular flexibility index (Phi) is 4.17. The molecule has 0 unspecified atom stereocenters. The number of fused-ring (bicyclic) bond motifs is 6. The monoisotopic (exact) mass is 432 g/mol. The van der Waals surface area contributed by atoms with Crippen molar-refractivity contribution in [3.8, 4) is 11.1 Å². The summed E-state index contributed by atoms with van der Waals surface area (Å²) in [4.78, 5) is 12.8. The summed E-state index contributed by atoms with van der Waals surface area (Å²) in [5.41, 5.74) is 5.65. The van der Waals surface area contributed by atoms with Crippen molar-refractivity contribution >= 4 is 21.9 Å². The molecule has 5 rings (SSSR count). The molecule has 0 spiro atoms. The Balaban J connectivity index is 1.56. The lowest BCUT2D eigenvalue weighted by molar-refractivity contribution is 0.0146. The predicted octanol–water partition coefficient (Wildman–Crippen LogP) is 6.49. The summed E-state index contributed by atoms with van der Waals surface area (Å²) in [5, 5.41) is 0.